The number of nitriles is 1. The van der Waals surface area contributed by atoms with Crippen LogP contribution in [0.1, 0.15) is 18.4 Å². The molecule has 0 unspecified atom stereocenters. The van der Waals surface area contributed by atoms with Crippen molar-refractivity contribution in [1.82, 2.24) is 4.31 Å². The highest BCUT2D eigenvalue weighted by atomic mass is 35.5. The van der Waals surface area contributed by atoms with Crippen LogP contribution in [0, 0.1) is 17.2 Å². The van der Waals surface area contributed by atoms with Gasteiger partial charge in [-0.15, -0.1) is 0 Å². The zero-order valence-corrected chi connectivity index (χ0v) is 12.9. The van der Waals surface area contributed by atoms with E-state index in [0.717, 1.165) is 12.8 Å². The van der Waals surface area contributed by atoms with Gasteiger partial charge in [0.1, 0.15) is 4.90 Å². The van der Waals surface area contributed by atoms with Crippen LogP contribution in [0.4, 0.5) is 0 Å². The molecule has 1 saturated carbocycles. The number of halogens is 1. The lowest BCUT2D eigenvalue weighted by Crippen LogP contribution is -2.46. The summed E-state index contributed by atoms with van der Waals surface area (Å²) < 4.78 is 32.5. The molecule has 0 bridgehead atoms. The molecule has 0 radical (unpaired) electrons. The monoisotopic (exact) mass is 326 g/mol. The quantitative estimate of drug-likeness (QED) is 0.852. The van der Waals surface area contributed by atoms with Crippen molar-refractivity contribution in [3.05, 3.63) is 28.8 Å². The summed E-state index contributed by atoms with van der Waals surface area (Å²) in [5.74, 6) is 0.476. The average molecular weight is 327 g/mol. The molecule has 2 aliphatic rings. The van der Waals surface area contributed by atoms with Crippen LogP contribution in [0.15, 0.2) is 23.1 Å². The molecule has 0 N–H and O–H groups in total. The lowest BCUT2D eigenvalue weighted by atomic mass is 10.2. The van der Waals surface area contributed by atoms with E-state index in [1.54, 1.807) is 0 Å². The molecule has 21 heavy (non-hydrogen) atoms. The molecule has 1 aliphatic heterocycles. The number of hydrogen-bond acceptors (Lipinski definition) is 4. The molecule has 5 nitrogen and oxygen atoms in total. The Morgan fingerprint density at radius 2 is 2.14 bits per heavy atom. The molecule has 7 heteroatoms. The van der Waals surface area contributed by atoms with Gasteiger partial charge < -0.3 is 4.74 Å². The zero-order chi connectivity index (χ0) is 15.0. The van der Waals surface area contributed by atoms with E-state index in [2.05, 4.69) is 0 Å². The Labute approximate surface area is 129 Å². The number of benzene rings is 1. The second kappa shape index (κ2) is 5.58. The van der Waals surface area contributed by atoms with Gasteiger partial charge >= 0.3 is 0 Å². The van der Waals surface area contributed by atoms with Crippen LogP contribution in [0.5, 0.6) is 0 Å². The number of sulfonamides is 1. The Balaban J connectivity index is 1.91. The molecule has 1 aromatic carbocycles. The van der Waals surface area contributed by atoms with Crippen molar-refractivity contribution in [2.45, 2.75) is 23.8 Å². The SMILES string of the molecule is N#Cc1ccc(Cl)c(S(=O)(=O)N2CCO[C@H](C3CC3)C2)c1. The van der Waals surface area contributed by atoms with Crippen LogP contribution in [-0.2, 0) is 14.8 Å². The van der Waals surface area contributed by atoms with E-state index in [1.165, 1.54) is 22.5 Å². The molecular formula is C14H15ClN2O3S. The third-order valence-electron chi connectivity index (χ3n) is 3.88. The Morgan fingerprint density at radius 1 is 1.38 bits per heavy atom. The molecule has 1 atom stereocenters. The minimum Gasteiger partial charge on any atom is -0.375 e. The van der Waals surface area contributed by atoms with Crippen LogP contribution in [-0.4, -0.2) is 38.5 Å². The van der Waals surface area contributed by atoms with E-state index in [9.17, 15) is 8.42 Å². The van der Waals surface area contributed by atoms with E-state index >= 15 is 0 Å². The Morgan fingerprint density at radius 3 is 2.81 bits per heavy atom. The van der Waals surface area contributed by atoms with Crippen molar-refractivity contribution in [3.8, 4) is 6.07 Å². The van der Waals surface area contributed by atoms with Crippen molar-refractivity contribution in [1.29, 1.82) is 5.26 Å². The summed E-state index contributed by atoms with van der Waals surface area (Å²) in [7, 11) is -3.69. The van der Waals surface area contributed by atoms with E-state index < -0.39 is 10.0 Å². The number of nitrogens with zero attached hydrogens (tertiary/aromatic N) is 2. The first kappa shape index (κ1) is 14.8. The molecule has 2 fully saturated rings. The first-order valence-electron chi connectivity index (χ1n) is 6.84. The normalized spacial score (nSPS) is 23.7. The van der Waals surface area contributed by atoms with Gasteiger partial charge in [0, 0.05) is 13.1 Å². The van der Waals surface area contributed by atoms with Gasteiger partial charge in [-0.2, -0.15) is 9.57 Å². The van der Waals surface area contributed by atoms with Crippen molar-refractivity contribution >= 4 is 21.6 Å². The minimum atomic E-state index is -3.69. The molecule has 0 aromatic heterocycles. The average Bonchev–Trinajstić information content (AvgIpc) is 3.32. The van der Waals surface area contributed by atoms with Gasteiger partial charge in [0.25, 0.3) is 0 Å². The predicted octanol–water partition coefficient (Wildman–Crippen LogP) is 2.01. The summed E-state index contributed by atoms with van der Waals surface area (Å²) in [5.41, 5.74) is 0.282. The third-order valence-corrected chi connectivity index (χ3v) is 6.23. The van der Waals surface area contributed by atoms with Crippen LogP contribution in [0.2, 0.25) is 5.02 Å². The maximum atomic E-state index is 12.7. The van der Waals surface area contributed by atoms with Crippen LogP contribution in [0.25, 0.3) is 0 Å². The lowest BCUT2D eigenvalue weighted by Gasteiger charge is -2.32. The molecule has 1 aromatic rings. The number of ether oxygens (including phenoxy) is 1. The third kappa shape index (κ3) is 2.92. The molecule has 3 rings (SSSR count). The fourth-order valence-corrected chi connectivity index (χ4v) is 4.47. The van der Waals surface area contributed by atoms with Gasteiger partial charge in [0.2, 0.25) is 10.0 Å². The van der Waals surface area contributed by atoms with Crippen molar-refractivity contribution < 1.29 is 13.2 Å². The molecule has 1 heterocycles. The van der Waals surface area contributed by atoms with Crippen LogP contribution in [0.3, 0.4) is 0 Å². The molecule has 0 amide bonds. The number of rotatable bonds is 3. The molecule has 0 spiro atoms. The van der Waals surface area contributed by atoms with Gasteiger partial charge in [0.05, 0.1) is 29.4 Å². The Bertz CT molecular complexity index is 695. The van der Waals surface area contributed by atoms with Crippen molar-refractivity contribution in [3.63, 3.8) is 0 Å². The molecule has 1 saturated heterocycles. The fourth-order valence-electron chi connectivity index (χ4n) is 2.53. The Kier molecular flexibility index (Phi) is 3.93. The van der Waals surface area contributed by atoms with E-state index in [4.69, 9.17) is 21.6 Å². The van der Waals surface area contributed by atoms with E-state index in [1.807, 2.05) is 6.07 Å². The largest absolute Gasteiger partial charge is 0.375 e. The highest BCUT2D eigenvalue weighted by molar-refractivity contribution is 7.89. The first-order chi connectivity index (χ1) is 10.0. The highest BCUT2D eigenvalue weighted by Gasteiger charge is 2.39. The topological polar surface area (TPSA) is 70.4 Å². The number of morpholine rings is 1. The van der Waals surface area contributed by atoms with Crippen LogP contribution >= 0.6 is 11.6 Å². The Hall–Kier alpha value is -1.13. The zero-order valence-electron chi connectivity index (χ0n) is 11.3. The summed E-state index contributed by atoms with van der Waals surface area (Å²) in [6, 6.07) is 6.23. The summed E-state index contributed by atoms with van der Waals surface area (Å²) in [6.45, 7) is 1.08. The van der Waals surface area contributed by atoms with Gasteiger partial charge in [-0.3, -0.25) is 0 Å². The van der Waals surface area contributed by atoms with E-state index in [-0.39, 0.29) is 21.6 Å². The van der Waals surface area contributed by atoms with Crippen LogP contribution < -0.4 is 0 Å². The maximum absolute atomic E-state index is 12.7. The van der Waals surface area contributed by atoms with Gasteiger partial charge in [0.15, 0.2) is 0 Å². The van der Waals surface area contributed by atoms with Crippen molar-refractivity contribution in [2.75, 3.05) is 19.7 Å². The second-order valence-electron chi connectivity index (χ2n) is 5.37. The fraction of sp³-hybridized carbons (Fsp3) is 0.500. The van der Waals surface area contributed by atoms with Gasteiger partial charge in [-0.25, -0.2) is 8.42 Å². The summed E-state index contributed by atoms with van der Waals surface area (Å²) in [5, 5.41) is 9.07. The predicted molar refractivity (Wildman–Crippen MR) is 77.4 cm³/mol. The van der Waals surface area contributed by atoms with E-state index in [0.29, 0.717) is 25.6 Å². The first-order valence-corrected chi connectivity index (χ1v) is 8.65. The molecule has 112 valence electrons. The summed E-state index contributed by atoms with van der Waals surface area (Å²) >= 11 is 6.02. The molecular weight excluding hydrogens is 312 g/mol. The highest BCUT2D eigenvalue weighted by Crippen LogP contribution is 2.37. The van der Waals surface area contributed by atoms with Crippen molar-refractivity contribution in [2.24, 2.45) is 5.92 Å². The number of hydrogen-bond donors (Lipinski definition) is 0. The smallest absolute Gasteiger partial charge is 0.244 e. The van der Waals surface area contributed by atoms with Gasteiger partial charge in [-0.1, -0.05) is 11.6 Å². The minimum absolute atomic E-state index is 0.000311. The van der Waals surface area contributed by atoms with Gasteiger partial charge in [-0.05, 0) is 37.0 Å². The lowest BCUT2D eigenvalue weighted by molar-refractivity contribution is -0.0134. The summed E-state index contributed by atoms with van der Waals surface area (Å²) in [6.07, 6.45) is 2.18. The maximum Gasteiger partial charge on any atom is 0.244 e. The second-order valence-corrected chi connectivity index (χ2v) is 7.68. The standard InChI is InChI=1S/C14H15ClN2O3S/c15-12-4-1-10(8-16)7-14(12)21(18,19)17-5-6-20-13(9-17)11-2-3-11/h1,4,7,11,13H,2-3,5-6,9H2/t13-/m0/s1. The summed E-state index contributed by atoms with van der Waals surface area (Å²) in [4.78, 5) is -0.000311. The molecule has 1 aliphatic carbocycles.